The molecule has 0 saturated carbocycles. The van der Waals surface area contributed by atoms with E-state index < -0.39 is 0 Å². The summed E-state index contributed by atoms with van der Waals surface area (Å²) in [5, 5.41) is 0. The number of rotatable bonds is 2. The van der Waals surface area contributed by atoms with Crippen LogP contribution >= 0.6 is 0 Å². The second-order valence-electron chi connectivity index (χ2n) is 5.22. The average Bonchev–Trinajstić information content (AvgIpc) is 2.73. The molecule has 1 aliphatic heterocycles. The number of nitrogens with zero attached hydrogens (tertiary/aromatic N) is 2. The highest BCUT2D eigenvalue weighted by molar-refractivity contribution is 5.78. The fourth-order valence-electron chi connectivity index (χ4n) is 3.02. The smallest absolute Gasteiger partial charge is 0.318 e. The predicted octanol–water partition coefficient (Wildman–Crippen LogP) is 3.47. The Kier molecular flexibility index (Phi) is 3.18. The zero-order chi connectivity index (χ0) is 14.1. The molecule has 2 aromatic rings. The van der Waals surface area contributed by atoms with Gasteiger partial charge in [-0.05, 0) is 11.1 Å². The van der Waals surface area contributed by atoms with Crippen molar-refractivity contribution in [1.29, 1.82) is 0 Å². The van der Waals surface area contributed by atoms with Crippen molar-refractivity contribution in [3.8, 4) is 0 Å². The lowest BCUT2D eigenvalue weighted by Gasteiger charge is -2.26. The fraction of sp³-hybridized carbons (Fsp3) is 0.235. The Labute approximate surface area is 119 Å². The molecule has 3 nitrogen and oxygen atoms in total. The lowest BCUT2D eigenvalue weighted by atomic mass is 9.93. The van der Waals surface area contributed by atoms with E-state index in [2.05, 4.69) is 24.3 Å². The highest BCUT2D eigenvalue weighted by Crippen LogP contribution is 2.42. The Morgan fingerprint density at radius 2 is 1.05 bits per heavy atom. The van der Waals surface area contributed by atoms with Crippen LogP contribution in [0.25, 0.3) is 0 Å². The van der Waals surface area contributed by atoms with E-state index in [4.69, 9.17) is 0 Å². The van der Waals surface area contributed by atoms with Gasteiger partial charge in [-0.1, -0.05) is 60.7 Å². The van der Waals surface area contributed by atoms with Crippen molar-refractivity contribution >= 4 is 6.03 Å². The van der Waals surface area contributed by atoms with Crippen LogP contribution in [0.4, 0.5) is 4.79 Å². The summed E-state index contributed by atoms with van der Waals surface area (Å²) in [6.45, 7) is 0. The number of hydrogen-bond donors (Lipinski definition) is 0. The van der Waals surface area contributed by atoms with Crippen molar-refractivity contribution in [2.75, 3.05) is 14.1 Å². The maximum Gasteiger partial charge on any atom is 0.320 e. The first-order chi connectivity index (χ1) is 9.70. The predicted molar refractivity (Wildman–Crippen MR) is 79.3 cm³/mol. The highest BCUT2D eigenvalue weighted by Gasteiger charge is 2.43. The van der Waals surface area contributed by atoms with Gasteiger partial charge in [-0.3, -0.25) is 0 Å². The number of carbonyl (C=O) groups excluding carboxylic acids is 1. The zero-order valence-corrected chi connectivity index (χ0v) is 11.7. The molecular weight excluding hydrogens is 248 g/mol. The minimum absolute atomic E-state index is 0.0519. The molecule has 1 saturated heterocycles. The molecule has 102 valence electrons. The van der Waals surface area contributed by atoms with Gasteiger partial charge in [0.05, 0.1) is 12.1 Å². The van der Waals surface area contributed by atoms with Gasteiger partial charge in [0.25, 0.3) is 0 Å². The molecule has 3 heteroatoms. The first kappa shape index (κ1) is 12.7. The Balaban J connectivity index is 2.07. The molecule has 0 aliphatic carbocycles. The topological polar surface area (TPSA) is 23.6 Å². The van der Waals surface area contributed by atoms with Crippen LogP contribution in [0.2, 0.25) is 0 Å². The quantitative estimate of drug-likeness (QED) is 0.816. The zero-order valence-electron chi connectivity index (χ0n) is 11.7. The van der Waals surface area contributed by atoms with Gasteiger partial charge in [-0.2, -0.15) is 0 Å². The summed E-state index contributed by atoms with van der Waals surface area (Å²) in [7, 11) is 3.75. The van der Waals surface area contributed by atoms with E-state index in [1.165, 1.54) is 11.1 Å². The van der Waals surface area contributed by atoms with Gasteiger partial charge in [0.2, 0.25) is 0 Å². The molecule has 0 N–H and O–H groups in total. The summed E-state index contributed by atoms with van der Waals surface area (Å²) in [5.74, 6) is 0. The molecule has 0 bridgehead atoms. The molecule has 1 aliphatic rings. The van der Waals surface area contributed by atoms with Crippen molar-refractivity contribution in [3.63, 3.8) is 0 Å². The van der Waals surface area contributed by atoms with Gasteiger partial charge in [-0.25, -0.2) is 4.79 Å². The van der Waals surface area contributed by atoms with Crippen molar-refractivity contribution in [2.45, 2.75) is 12.1 Å². The maximum absolute atomic E-state index is 12.3. The van der Waals surface area contributed by atoms with Gasteiger partial charge < -0.3 is 9.80 Å². The Hall–Kier alpha value is -2.29. The summed E-state index contributed by atoms with van der Waals surface area (Å²) >= 11 is 0. The van der Waals surface area contributed by atoms with E-state index in [0.29, 0.717) is 0 Å². The first-order valence-electron chi connectivity index (χ1n) is 6.79. The summed E-state index contributed by atoms with van der Waals surface area (Å²) in [5.41, 5.74) is 2.34. The Morgan fingerprint density at radius 1 is 0.700 bits per heavy atom. The summed E-state index contributed by atoms with van der Waals surface area (Å²) in [6, 6.07) is 20.6. The number of amides is 2. The van der Waals surface area contributed by atoms with Crippen LogP contribution in [-0.4, -0.2) is 29.9 Å². The van der Waals surface area contributed by atoms with Crippen LogP contribution in [0.3, 0.4) is 0 Å². The maximum atomic E-state index is 12.3. The number of benzene rings is 2. The summed E-state index contributed by atoms with van der Waals surface area (Å²) < 4.78 is 0. The monoisotopic (exact) mass is 266 g/mol. The second-order valence-corrected chi connectivity index (χ2v) is 5.22. The molecule has 0 unspecified atom stereocenters. The standard InChI is InChI=1S/C17H18N2O/c1-18-15(13-9-5-3-6-10-13)16(19(2)17(18)20)14-11-7-4-8-12-14/h3-12,15-16H,1-2H3/t15-,16-/m0/s1. The van der Waals surface area contributed by atoms with Crippen molar-refractivity contribution in [2.24, 2.45) is 0 Å². The normalized spacial score (nSPS) is 22.4. The van der Waals surface area contributed by atoms with Crippen LogP contribution < -0.4 is 0 Å². The molecule has 0 radical (unpaired) electrons. The lowest BCUT2D eigenvalue weighted by Crippen LogP contribution is -2.26. The second kappa shape index (κ2) is 5.00. The molecule has 20 heavy (non-hydrogen) atoms. The fourth-order valence-corrected chi connectivity index (χ4v) is 3.02. The van der Waals surface area contributed by atoms with E-state index >= 15 is 0 Å². The van der Waals surface area contributed by atoms with E-state index in [9.17, 15) is 4.79 Å². The van der Waals surface area contributed by atoms with Gasteiger partial charge in [0.15, 0.2) is 0 Å². The van der Waals surface area contributed by atoms with Crippen LogP contribution in [0.15, 0.2) is 60.7 Å². The molecular formula is C17H18N2O. The van der Waals surface area contributed by atoms with Crippen molar-refractivity contribution in [1.82, 2.24) is 9.80 Å². The van der Waals surface area contributed by atoms with Crippen LogP contribution in [0.1, 0.15) is 23.2 Å². The van der Waals surface area contributed by atoms with Crippen LogP contribution in [-0.2, 0) is 0 Å². The first-order valence-corrected chi connectivity index (χ1v) is 6.79. The number of hydrogen-bond acceptors (Lipinski definition) is 1. The summed E-state index contributed by atoms with van der Waals surface area (Å²) in [4.78, 5) is 16.0. The third-order valence-electron chi connectivity index (χ3n) is 4.02. The van der Waals surface area contributed by atoms with E-state index in [1.807, 2.05) is 60.3 Å². The molecule has 2 amide bonds. The third kappa shape index (κ3) is 1.95. The SMILES string of the molecule is CN1C(=O)N(C)[C@@H](c2ccccc2)[C@@H]1c1ccccc1. The summed E-state index contributed by atoms with van der Waals surface area (Å²) in [6.07, 6.45) is 0. The molecule has 0 aromatic heterocycles. The molecule has 1 fully saturated rings. The molecule has 2 aromatic carbocycles. The minimum atomic E-state index is 0.0519. The number of likely N-dealkylation sites (N-methyl/N-ethyl adjacent to an activating group) is 2. The largest absolute Gasteiger partial charge is 0.320 e. The van der Waals surface area contributed by atoms with Gasteiger partial charge >= 0.3 is 6.03 Å². The van der Waals surface area contributed by atoms with Crippen LogP contribution in [0.5, 0.6) is 0 Å². The molecule has 2 atom stereocenters. The highest BCUT2D eigenvalue weighted by atomic mass is 16.2. The Bertz CT molecular complexity index is 543. The minimum Gasteiger partial charge on any atom is -0.318 e. The number of urea groups is 1. The average molecular weight is 266 g/mol. The van der Waals surface area contributed by atoms with E-state index in [0.717, 1.165) is 0 Å². The molecule has 3 rings (SSSR count). The van der Waals surface area contributed by atoms with E-state index in [-0.39, 0.29) is 18.1 Å². The number of carbonyl (C=O) groups is 1. The van der Waals surface area contributed by atoms with Crippen molar-refractivity contribution < 1.29 is 4.79 Å². The van der Waals surface area contributed by atoms with Gasteiger partial charge in [0.1, 0.15) is 0 Å². The van der Waals surface area contributed by atoms with Crippen LogP contribution in [0, 0.1) is 0 Å². The molecule has 1 heterocycles. The molecule has 0 spiro atoms. The van der Waals surface area contributed by atoms with Gasteiger partial charge in [0, 0.05) is 14.1 Å². The van der Waals surface area contributed by atoms with Gasteiger partial charge in [-0.15, -0.1) is 0 Å². The Morgan fingerprint density at radius 3 is 1.40 bits per heavy atom. The third-order valence-corrected chi connectivity index (χ3v) is 4.02. The lowest BCUT2D eigenvalue weighted by molar-refractivity contribution is 0.199. The van der Waals surface area contributed by atoms with E-state index in [1.54, 1.807) is 0 Å². The van der Waals surface area contributed by atoms with Crippen molar-refractivity contribution in [3.05, 3.63) is 71.8 Å².